The van der Waals surface area contributed by atoms with Crippen molar-refractivity contribution >= 4 is 8.53 Å². The van der Waals surface area contributed by atoms with Gasteiger partial charge in [-0.1, -0.05) is 0 Å². The van der Waals surface area contributed by atoms with Crippen LogP contribution in [-0.2, 0) is 9.05 Å². The molecule has 0 aromatic rings. The lowest BCUT2D eigenvalue weighted by Crippen LogP contribution is -2.45. The van der Waals surface area contributed by atoms with Gasteiger partial charge in [-0.15, -0.1) is 0 Å². The average Bonchev–Trinajstić information content (AvgIpc) is 2.34. The van der Waals surface area contributed by atoms with Crippen LogP contribution in [0.5, 0.6) is 0 Å². The molecule has 0 aliphatic rings. The van der Waals surface area contributed by atoms with Gasteiger partial charge in [-0.2, -0.15) is 15.7 Å². The van der Waals surface area contributed by atoms with Crippen molar-refractivity contribution in [3.63, 3.8) is 0 Å². The van der Waals surface area contributed by atoms with E-state index >= 15 is 0 Å². The third-order valence-corrected chi connectivity index (χ3v) is 3.38. The molecule has 0 spiro atoms. The van der Waals surface area contributed by atoms with E-state index in [1.807, 2.05) is 17.1 Å². The molecule has 0 aliphatic carbocycles. The molecule has 0 heterocycles. The van der Waals surface area contributed by atoms with E-state index in [1.54, 1.807) is 0 Å². The van der Waals surface area contributed by atoms with Gasteiger partial charge in [0.1, 0.15) is 0 Å². The second-order valence-corrected chi connectivity index (χ2v) is 5.67. The highest BCUT2D eigenvalue weighted by molar-refractivity contribution is 7.44. The van der Waals surface area contributed by atoms with Crippen molar-refractivity contribution in [3.05, 3.63) is 0 Å². The smallest absolute Gasteiger partial charge is 0.270 e. The Bertz CT molecular complexity index is 284. The summed E-state index contributed by atoms with van der Waals surface area (Å²) in [5.41, 5.74) is 0. The van der Waals surface area contributed by atoms with E-state index in [4.69, 9.17) is 19.6 Å². The summed E-state index contributed by atoms with van der Waals surface area (Å²) < 4.78 is 11.0. The molecule has 0 rings (SSSR count). The van der Waals surface area contributed by atoms with Crippen LogP contribution in [0, 0.1) is 22.7 Å². The van der Waals surface area contributed by atoms with Crippen LogP contribution < -0.4 is 5.20 Å². The van der Waals surface area contributed by atoms with E-state index in [1.165, 1.54) is 0 Å². The van der Waals surface area contributed by atoms with Gasteiger partial charge in [-0.25, -0.2) is 5.01 Å². The summed E-state index contributed by atoms with van der Waals surface area (Å²) in [5, 5.41) is 22.3. The second kappa shape index (κ2) is 11.1. The van der Waals surface area contributed by atoms with E-state index in [9.17, 15) is 0 Å². The molecule has 0 atom stereocenters. The topological polar surface area (TPSA) is 81.3 Å². The van der Waals surface area contributed by atoms with Crippen LogP contribution >= 0.6 is 8.53 Å². The summed E-state index contributed by atoms with van der Waals surface area (Å²) in [5.74, 6) is 0. The molecule has 7 heteroatoms. The van der Waals surface area contributed by atoms with Crippen LogP contribution in [0.2, 0.25) is 0 Å². The third-order valence-electron chi connectivity index (χ3n) is 2.15. The van der Waals surface area contributed by atoms with E-state index in [-0.39, 0.29) is 0 Å². The van der Waals surface area contributed by atoms with E-state index in [0.29, 0.717) is 38.1 Å². The number of hydrogen-bond acceptors (Lipinski definition) is 6. The number of nitrogens with zero attached hydrogens (tertiary/aromatic N) is 3. The Hall–Kier alpha value is -0.750. The molecular formula is C12H23N4O2P. The molecule has 1 N–H and O–H groups in total. The van der Waals surface area contributed by atoms with Gasteiger partial charge < -0.3 is 9.05 Å². The summed E-state index contributed by atoms with van der Waals surface area (Å²) >= 11 is 0. The molecule has 6 nitrogen and oxygen atoms in total. The van der Waals surface area contributed by atoms with Crippen LogP contribution in [-0.4, -0.2) is 30.3 Å². The average molecular weight is 286 g/mol. The Balaban J connectivity index is 4.36. The monoisotopic (exact) mass is 286 g/mol. The zero-order chi connectivity index (χ0) is 14.7. The number of rotatable bonds is 10. The molecule has 0 radical (unpaired) electrons. The fraction of sp³-hybridized carbons (Fsp3) is 0.833. The molecule has 0 saturated heterocycles. The Morgan fingerprint density at radius 3 is 1.74 bits per heavy atom. The number of nitriles is 2. The second-order valence-electron chi connectivity index (χ2n) is 4.43. The Kier molecular flexibility index (Phi) is 10.7. The normalized spacial score (nSPS) is 11.3. The molecule has 108 valence electrons. The largest absolute Gasteiger partial charge is 0.320 e. The van der Waals surface area contributed by atoms with Gasteiger partial charge in [0.2, 0.25) is 0 Å². The maximum absolute atomic E-state index is 8.51. The maximum atomic E-state index is 8.51. The first-order valence-corrected chi connectivity index (χ1v) is 7.55. The van der Waals surface area contributed by atoms with E-state index in [2.05, 4.69) is 32.9 Å². The van der Waals surface area contributed by atoms with Crippen LogP contribution in [0.4, 0.5) is 0 Å². The quantitative estimate of drug-likeness (QED) is 0.378. The Morgan fingerprint density at radius 1 is 1.00 bits per heavy atom. The van der Waals surface area contributed by atoms with Crippen molar-refractivity contribution in [1.82, 2.24) is 10.2 Å². The van der Waals surface area contributed by atoms with Gasteiger partial charge in [-0.3, -0.25) is 0 Å². The summed E-state index contributed by atoms with van der Waals surface area (Å²) in [6.45, 7) is 8.95. The first-order valence-electron chi connectivity index (χ1n) is 6.37. The fourth-order valence-electron chi connectivity index (χ4n) is 1.36. The summed E-state index contributed by atoms with van der Waals surface area (Å²) in [6, 6.07) is 4.64. The van der Waals surface area contributed by atoms with Crippen molar-refractivity contribution in [2.45, 2.75) is 52.6 Å². The fourth-order valence-corrected chi connectivity index (χ4v) is 2.72. The van der Waals surface area contributed by atoms with Gasteiger partial charge in [0.15, 0.2) is 0 Å². The van der Waals surface area contributed by atoms with Gasteiger partial charge in [-0.05, 0) is 27.7 Å². The van der Waals surface area contributed by atoms with Gasteiger partial charge in [0, 0.05) is 12.1 Å². The van der Waals surface area contributed by atoms with E-state index < -0.39 is 8.53 Å². The highest BCUT2D eigenvalue weighted by Gasteiger charge is 2.20. The van der Waals surface area contributed by atoms with Crippen LogP contribution in [0.25, 0.3) is 0 Å². The van der Waals surface area contributed by atoms with Crippen LogP contribution in [0.15, 0.2) is 0 Å². The Labute approximate surface area is 117 Å². The van der Waals surface area contributed by atoms with Crippen molar-refractivity contribution in [1.29, 1.82) is 10.5 Å². The predicted molar refractivity (Wildman–Crippen MR) is 74.5 cm³/mol. The molecular weight excluding hydrogens is 263 g/mol. The number of nitrogens with one attached hydrogen (secondary N) is 1. The number of hydrazine groups is 1. The standard InChI is InChI=1S/C12H23N4O2P/c1-11(2)16(12(3)4)15-19(17-9-5-7-13)18-10-6-8-14/h11-12,15H,5-6,9-10H2,1-4H3. The molecule has 0 amide bonds. The minimum Gasteiger partial charge on any atom is -0.320 e. The molecule has 0 aromatic carbocycles. The summed E-state index contributed by atoms with van der Waals surface area (Å²) in [4.78, 5) is 0. The molecule has 0 fully saturated rings. The lowest BCUT2D eigenvalue weighted by atomic mass is 10.3. The Morgan fingerprint density at radius 2 is 1.42 bits per heavy atom. The van der Waals surface area contributed by atoms with Gasteiger partial charge in [0.25, 0.3) is 8.53 Å². The minimum absolute atomic E-state index is 0.295. The predicted octanol–water partition coefficient (Wildman–Crippen LogP) is 2.70. The van der Waals surface area contributed by atoms with Crippen LogP contribution in [0.1, 0.15) is 40.5 Å². The van der Waals surface area contributed by atoms with Crippen molar-refractivity contribution in [2.24, 2.45) is 0 Å². The SMILES string of the molecule is CC(C)N(NP(OCCC#N)OCCC#N)C(C)C. The number of hydrogen-bond donors (Lipinski definition) is 1. The highest BCUT2D eigenvalue weighted by Crippen LogP contribution is 2.35. The minimum atomic E-state index is -1.31. The molecule has 0 unspecified atom stereocenters. The van der Waals surface area contributed by atoms with Crippen molar-refractivity contribution < 1.29 is 9.05 Å². The van der Waals surface area contributed by atoms with Crippen molar-refractivity contribution in [3.8, 4) is 12.1 Å². The van der Waals surface area contributed by atoms with Gasteiger partial charge in [0.05, 0.1) is 38.2 Å². The summed E-state index contributed by atoms with van der Waals surface area (Å²) in [6.07, 6.45) is 0.650. The molecule has 0 saturated carbocycles. The molecule has 0 aliphatic heterocycles. The molecule has 19 heavy (non-hydrogen) atoms. The lowest BCUT2D eigenvalue weighted by Gasteiger charge is -2.33. The zero-order valence-corrected chi connectivity index (χ0v) is 13.0. The zero-order valence-electron chi connectivity index (χ0n) is 12.1. The first-order chi connectivity index (χ1) is 9.02. The maximum Gasteiger partial charge on any atom is 0.270 e. The van der Waals surface area contributed by atoms with E-state index in [0.717, 1.165) is 0 Å². The van der Waals surface area contributed by atoms with Crippen molar-refractivity contribution in [2.75, 3.05) is 13.2 Å². The van der Waals surface area contributed by atoms with Crippen LogP contribution in [0.3, 0.4) is 0 Å². The molecule has 0 bridgehead atoms. The lowest BCUT2D eigenvalue weighted by molar-refractivity contribution is 0.121. The first kappa shape index (κ1) is 18.2. The summed E-state index contributed by atoms with van der Waals surface area (Å²) in [7, 11) is -1.31. The third kappa shape index (κ3) is 8.88. The molecule has 0 aromatic heterocycles. The highest BCUT2D eigenvalue weighted by atomic mass is 31.2. The van der Waals surface area contributed by atoms with Gasteiger partial charge >= 0.3 is 0 Å².